The molecule has 0 bridgehead atoms. The van der Waals surface area contributed by atoms with Crippen molar-refractivity contribution in [1.82, 2.24) is 5.32 Å². The molecule has 0 saturated heterocycles. The minimum atomic E-state index is -4.25. The first kappa shape index (κ1) is 22.4. The summed E-state index contributed by atoms with van der Waals surface area (Å²) in [6.07, 6.45) is 3.08. The number of benzene rings is 2. The second-order valence-electron chi connectivity index (χ2n) is 5.91. The first-order chi connectivity index (χ1) is 13.8. The largest absolute Gasteiger partial charge is 0.390 e. The average molecular weight is 439 g/mol. The smallest absolute Gasteiger partial charge is 0.264 e. The molecular formula is C19H20ClFN4O3S. The third kappa shape index (κ3) is 6.30. The lowest BCUT2D eigenvalue weighted by molar-refractivity contribution is -0.112. The summed E-state index contributed by atoms with van der Waals surface area (Å²) in [6.45, 7) is 2.57. The zero-order valence-electron chi connectivity index (χ0n) is 15.5. The molecule has 0 radical (unpaired) electrons. The van der Waals surface area contributed by atoms with Gasteiger partial charge in [0.1, 0.15) is 10.7 Å². The topological polar surface area (TPSA) is 111 Å². The minimum Gasteiger partial charge on any atom is -0.390 e. The third-order valence-electron chi connectivity index (χ3n) is 3.64. The van der Waals surface area contributed by atoms with Gasteiger partial charge in [0, 0.05) is 35.4 Å². The van der Waals surface area contributed by atoms with E-state index in [4.69, 9.17) is 17.0 Å². The van der Waals surface area contributed by atoms with Crippen molar-refractivity contribution in [3.63, 3.8) is 0 Å². The quantitative estimate of drug-likeness (QED) is 0.271. The monoisotopic (exact) mass is 438 g/mol. The number of nitrogens with one attached hydrogen (secondary N) is 4. The van der Waals surface area contributed by atoms with Crippen molar-refractivity contribution in [1.29, 1.82) is 5.41 Å². The Hall–Kier alpha value is -2.91. The molecule has 0 aliphatic heterocycles. The summed E-state index contributed by atoms with van der Waals surface area (Å²) in [4.78, 5) is 11.6. The van der Waals surface area contributed by atoms with E-state index in [0.717, 1.165) is 24.8 Å². The molecule has 10 heteroatoms. The number of hydrogen-bond donors (Lipinski definition) is 4. The van der Waals surface area contributed by atoms with Crippen molar-refractivity contribution in [2.75, 3.05) is 16.6 Å². The standard InChI is InChI=1S/C19H20ClFN4O3S/c1-2-9-23-12-13(11-22)19(26)24-16-7-8-17(21)18(10-16)29(27,28)25-15-5-3-14(20)4-6-15/h3-8,10-12,22-23,25H,2,9H2,1H3,(H,24,26)/b13-12+,22-11?. The molecule has 0 atom stereocenters. The summed E-state index contributed by atoms with van der Waals surface area (Å²) in [5.41, 5.74) is 0.307. The number of hydrogen-bond acceptors (Lipinski definition) is 5. The molecule has 0 saturated carbocycles. The minimum absolute atomic E-state index is 0.0338. The summed E-state index contributed by atoms with van der Waals surface area (Å²) in [6, 6.07) is 9.04. The molecule has 4 N–H and O–H groups in total. The van der Waals surface area contributed by atoms with Crippen LogP contribution in [0.5, 0.6) is 0 Å². The third-order valence-corrected chi connectivity index (χ3v) is 5.29. The number of rotatable bonds is 9. The predicted octanol–water partition coefficient (Wildman–Crippen LogP) is 3.75. The van der Waals surface area contributed by atoms with Crippen LogP contribution in [0.1, 0.15) is 13.3 Å². The molecule has 0 aliphatic rings. The first-order valence-electron chi connectivity index (χ1n) is 8.60. The Morgan fingerprint density at radius 1 is 1.17 bits per heavy atom. The summed E-state index contributed by atoms with van der Waals surface area (Å²) in [7, 11) is -4.25. The maximum absolute atomic E-state index is 14.2. The fraction of sp³-hybridized carbons (Fsp3) is 0.158. The van der Waals surface area contributed by atoms with E-state index >= 15 is 0 Å². The highest BCUT2D eigenvalue weighted by molar-refractivity contribution is 7.92. The highest BCUT2D eigenvalue weighted by atomic mass is 35.5. The van der Waals surface area contributed by atoms with Crippen molar-refractivity contribution < 1.29 is 17.6 Å². The van der Waals surface area contributed by atoms with E-state index in [1.165, 1.54) is 36.5 Å². The van der Waals surface area contributed by atoms with Crippen molar-refractivity contribution in [3.8, 4) is 0 Å². The van der Waals surface area contributed by atoms with Crippen LogP contribution in [0.4, 0.5) is 15.8 Å². The van der Waals surface area contributed by atoms with Gasteiger partial charge in [-0.05, 0) is 48.9 Å². The van der Waals surface area contributed by atoms with E-state index < -0.39 is 26.6 Å². The van der Waals surface area contributed by atoms with Crippen LogP contribution in [0, 0.1) is 11.2 Å². The van der Waals surface area contributed by atoms with Crippen LogP contribution in [0.3, 0.4) is 0 Å². The Morgan fingerprint density at radius 3 is 2.45 bits per heavy atom. The molecule has 0 fully saturated rings. The molecule has 2 aromatic rings. The molecule has 2 rings (SSSR count). The molecule has 7 nitrogen and oxygen atoms in total. The lowest BCUT2D eigenvalue weighted by atomic mass is 10.2. The number of carbonyl (C=O) groups is 1. The van der Waals surface area contributed by atoms with Gasteiger partial charge in [-0.2, -0.15) is 0 Å². The van der Waals surface area contributed by atoms with Crippen molar-refractivity contribution in [2.24, 2.45) is 0 Å². The van der Waals surface area contributed by atoms with Crippen LogP contribution in [0.15, 0.2) is 59.1 Å². The number of carbonyl (C=O) groups excluding carboxylic acids is 1. The normalized spacial score (nSPS) is 11.6. The van der Waals surface area contributed by atoms with Crippen LogP contribution in [-0.2, 0) is 14.8 Å². The second-order valence-corrected chi connectivity index (χ2v) is 8.00. The van der Waals surface area contributed by atoms with Crippen LogP contribution >= 0.6 is 11.6 Å². The van der Waals surface area contributed by atoms with Gasteiger partial charge in [-0.1, -0.05) is 18.5 Å². The van der Waals surface area contributed by atoms with E-state index in [-0.39, 0.29) is 16.9 Å². The highest BCUT2D eigenvalue weighted by Gasteiger charge is 2.20. The summed E-state index contributed by atoms with van der Waals surface area (Å²) in [5.74, 6) is -1.61. The van der Waals surface area contributed by atoms with Gasteiger partial charge < -0.3 is 16.0 Å². The predicted molar refractivity (Wildman–Crippen MR) is 112 cm³/mol. The fourth-order valence-corrected chi connectivity index (χ4v) is 3.51. The van der Waals surface area contributed by atoms with Crippen LogP contribution in [0.25, 0.3) is 0 Å². The number of amides is 1. The van der Waals surface area contributed by atoms with E-state index in [9.17, 15) is 17.6 Å². The number of anilines is 2. The maximum atomic E-state index is 14.2. The SMILES string of the molecule is CCCN/C=C(\C=N)C(=O)Nc1ccc(F)c(S(=O)(=O)Nc2ccc(Cl)cc2)c1. The summed E-state index contributed by atoms with van der Waals surface area (Å²) >= 11 is 5.77. The molecule has 154 valence electrons. The van der Waals surface area contributed by atoms with Gasteiger partial charge in [0.25, 0.3) is 15.9 Å². The molecule has 0 aromatic heterocycles. The molecule has 1 amide bonds. The van der Waals surface area contributed by atoms with Gasteiger partial charge >= 0.3 is 0 Å². The van der Waals surface area contributed by atoms with Gasteiger partial charge in [-0.25, -0.2) is 12.8 Å². The lowest BCUT2D eigenvalue weighted by Gasteiger charge is -2.11. The fourth-order valence-electron chi connectivity index (χ4n) is 2.22. The molecule has 0 heterocycles. The average Bonchev–Trinajstić information content (AvgIpc) is 2.68. The van der Waals surface area contributed by atoms with Gasteiger partial charge in [-0.15, -0.1) is 0 Å². The lowest BCUT2D eigenvalue weighted by Crippen LogP contribution is -2.19. The van der Waals surface area contributed by atoms with Crippen LogP contribution in [-0.4, -0.2) is 27.1 Å². The van der Waals surface area contributed by atoms with Gasteiger partial charge in [0.05, 0.1) is 5.57 Å². The molecular weight excluding hydrogens is 419 g/mol. The van der Waals surface area contributed by atoms with Gasteiger partial charge in [0.15, 0.2) is 0 Å². The molecule has 29 heavy (non-hydrogen) atoms. The van der Waals surface area contributed by atoms with Crippen molar-refractivity contribution in [2.45, 2.75) is 18.2 Å². The summed E-state index contributed by atoms with van der Waals surface area (Å²) < 4.78 is 41.6. The Morgan fingerprint density at radius 2 is 1.83 bits per heavy atom. The summed E-state index contributed by atoms with van der Waals surface area (Å²) in [5, 5.41) is 13.1. The zero-order chi connectivity index (χ0) is 21.4. The van der Waals surface area contributed by atoms with Crippen LogP contribution in [0.2, 0.25) is 5.02 Å². The molecule has 2 aromatic carbocycles. The first-order valence-corrected chi connectivity index (χ1v) is 10.5. The number of halogens is 2. The van der Waals surface area contributed by atoms with E-state index in [1.54, 1.807) is 0 Å². The van der Waals surface area contributed by atoms with Gasteiger partial charge in [0.2, 0.25) is 0 Å². The zero-order valence-corrected chi connectivity index (χ0v) is 17.1. The molecule has 0 unspecified atom stereocenters. The molecule has 0 aliphatic carbocycles. The Labute approximate surface area is 173 Å². The highest BCUT2D eigenvalue weighted by Crippen LogP contribution is 2.23. The second kappa shape index (κ2) is 10.0. The van der Waals surface area contributed by atoms with E-state index in [2.05, 4.69) is 15.4 Å². The van der Waals surface area contributed by atoms with Crippen molar-refractivity contribution in [3.05, 3.63) is 65.1 Å². The van der Waals surface area contributed by atoms with Gasteiger partial charge in [-0.3, -0.25) is 9.52 Å². The van der Waals surface area contributed by atoms with E-state index in [0.29, 0.717) is 11.6 Å². The van der Waals surface area contributed by atoms with E-state index in [1.807, 2.05) is 6.92 Å². The van der Waals surface area contributed by atoms with Crippen LogP contribution < -0.4 is 15.4 Å². The maximum Gasteiger partial charge on any atom is 0.264 e. The Bertz CT molecular complexity index is 1020. The Balaban J connectivity index is 2.24. The number of sulfonamides is 1. The van der Waals surface area contributed by atoms with Crippen molar-refractivity contribution >= 4 is 45.1 Å². The Kier molecular flexibility index (Phi) is 7.74. The molecule has 0 spiro atoms.